The van der Waals surface area contributed by atoms with Gasteiger partial charge in [-0.05, 0) is 12.1 Å². The van der Waals surface area contributed by atoms with Gasteiger partial charge < -0.3 is 14.6 Å². The number of nitrogens with zero attached hydrogens (tertiary/aromatic N) is 3. The van der Waals surface area contributed by atoms with Crippen molar-refractivity contribution in [3.63, 3.8) is 0 Å². The summed E-state index contributed by atoms with van der Waals surface area (Å²) in [5, 5.41) is 8.15. The first kappa shape index (κ1) is 19.2. The number of H-pyrrole nitrogens is 1. The second-order valence-corrected chi connectivity index (χ2v) is 7.29. The summed E-state index contributed by atoms with van der Waals surface area (Å²) in [6.07, 6.45) is 2.22. The van der Waals surface area contributed by atoms with E-state index in [0.29, 0.717) is 23.7 Å². The number of benzene rings is 1. The number of nitrogens with one attached hydrogen (secondary N) is 1. The van der Waals surface area contributed by atoms with Crippen LogP contribution in [0.2, 0.25) is 0 Å². The van der Waals surface area contributed by atoms with Crippen molar-refractivity contribution in [3.8, 4) is 17.1 Å². The number of aromatic nitrogens is 3. The summed E-state index contributed by atoms with van der Waals surface area (Å²) in [4.78, 5) is 29.2. The molecule has 0 saturated carbocycles. The molecule has 1 fully saturated rings. The van der Waals surface area contributed by atoms with Crippen molar-refractivity contribution in [1.29, 1.82) is 0 Å². The van der Waals surface area contributed by atoms with Gasteiger partial charge in [-0.15, -0.1) is 10.2 Å². The first-order valence-corrected chi connectivity index (χ1v) is 9.98. The van der Waals surface area contributed by atoms with E-state index in [0.717, 1.165) is 24.6 Å². The Morgan fingerprint density at radius 1 is 1.33 bits per heavy atom. The predicted molar refractivity (Wildman–Crippen MR) is 106 cm³/mol. The lowest BCUT2D eigenvalue weighted by Crippen LogP contribution is -2.38. The smallest absolute Gasteiger partial charge is 0.273 e. The van der Waals surface area contributed by atoms with Crippen LogP contribution in [0.25, 0.3) is 11.4 Å². The van der Waals surface area contributed by atoms with Gasteiger partial charge in [-0.25, -0.2) is 0 Å². The summed E-state index contributed by atoms with van der Waals surface area (Å²) in [5.74, 6) is 3.02. The van der Waals surface area contributed by atoms with Gasteiger partial charge in [-0.3, -0.25) is 9.59 Å². The largest absolute Gasteiger partial charge is 0.490 e. The normalized spacial score (nSPS) is 14.0. The molecule has 0 bridgehead atoms. The van der Waals surface area contributed by atoms with E-state index in [4.69, 9.17) is 4.74 Å². The molecule has 1 aromatic heterocycles. The van der Waals surface area contributed by atoms with Crippen LogP contribution in [-0.2, 0) is 11.2 Å². The van der Waals surface area contributed by atoms with Crippen LogP contribution in [0.4, 0.5) is 0 Å². The van der Waals surface area contributed by atoms with Crippen LogP contribution >= 0.6 is 11.8 Å². The fraction of sp³-hybridized carbons (Fsp3) is 0.368. The van der Waals surface area contributed by atoms with E-state index in [1.165, 1.54) is 0 Å². The maximum absolute atomic E-state index is 12.3. The molecular weight excluding hydrogens is 364 g/mol. The third kappa shape index (κ3) is 5.19. The summed E-state index contributed by atoms with van der Waals surface area (Å²) in [7, 11) is 0. The zero-order valence-corrected chi connectivity index (χ0v) is 15.8. The maximum atomic E-state index is 12.3. The molecule has 1 aliphatic rings. The van der Waals surface area contributed by atoms with Crippen molar-refractivity contribution in [2.24, 2.45) is 0 Å². The monoisotopic (exact) mass is 386 g/mol. The third-order valence-electron chi connectivity index (χ3n) is 4.18. The fourth-order valence-corrected chi connectivity index (χ4v) is 3.64. The number of thioether (sulfide) groups is 1. The highest BCUT2D eigenvalue weighted by atomic mass is 32.2. The quantitative estimate of drug-likeness (QED) is 0.732. The molecule has 0 aliphatic carbocycles. The van der Waals surface area contributed by atoms with Crippen LogP contribution in [0.1, 0.15) is 12.1 Å². The second-order valence-electron chi connectivity index (χ2n) is 6.07. The summed E-state index contributed by atoms with van der Waals surface area (Å²) >= 11 is 1.85. The van der Waals surface area contributed by atoms with Gasteiger partial charge in [-0.2, -0.15) is 11.8 Å². The first-order valence-electron chi connectivity index (χ1n) is 8.83. The maximum Gasteiger partial charge on any atom is 0.273 e. The van der Waals surface area contributed by atoms with Crippen molar-refractivity contribution in [2.75, 3.05) is 31.2 Å². The van der Waals surface area contributed by atoms with Gasteiger partial charge in [0.15, 0.2) is 5.82 Å². The van der Waals surface area contributed by atoms with E-state index >= 15 is 0 Å². The van der Waals surface area contributed by atoms with Gasteiger partial charge in [0.1, 0.15) is 18.1 Å². The van der Waals surface area contributed by atoms with Crippen LogP contribution < -0.4 is 10.3 Å². The van der Waals surface area contributed by atoms with Crippen molar-refractivity contribution < 1.29 is 9.53 Å². The highest BCUT2D eigenvalue weighted by Crippen LogP contribution is 2.20. The minimum atomic E-state index is -0.320. The number of amides is 1. The van der Waals surface area contributed by atoms with E-state index < -0.39 is 0 Å². The molecule has 1 aromatic carbocycles. The Morgan fingerprint density at radius 3 is 2.89 bits per heavy atom. The number of hydrogen-bond acceptors (Lipinski definition) is 6. The molecule has 142 valence electrons. The van der Waals surface area contributed by atoms with Crippen molar-refractivity contribution in [1.82, 2.24) is 20.1 Å². The molecular formula is C19H22N4O3S. The number of ether oxygens (including phenoxy) is 1. The Kier molecular flexibility index (Phi) is 6.64. The Bertz CT molecular complexity index is 862. The van der Waals surface area contributed by atoms with Gasteiger partial charge >= 0.3 is 0 Å². The lowest BCUT2D eigenvalue weighted by molar-refractivity contribution is -0.130. The number of carbonyl (C=O) groups excluding carboxylic acids is 1. The van der Waals surface area contributed by atoms with Crippen LogP contribution in [0.15, 0.2) is 41.7 Å². The SMILES string of the molecule is C=CCOc1cccc(-c2nnc(CCC(=O)N3CCSCC3)c(=O)[nH]2)c1. The third-order valence-corrected chi connectivity index (χ3v) is 5.12. The van der Waals surface area contributed by atoms with Gasteiger partial charge in [0.2, 0.25) is 5.91 Å². The second kappa shape index (κ2) is 9.36. The highest BCUT2D eigenvalue weighted by molar-refractivity contribution is 7.99. The summed E-state index contributed by atoms with van der Waals surface area (Å²) < 4.78 is 5.49. The molecule has 7 nitrogen and oxygen atoms in total. The van der Waals surface area contributed by atoms with E-state index in [-0.39, 0.29) is 30.0 Å². The topological polar surface area (TPSA) is 88.2 Å². The molecule has 1 amide bonds. The molecule has 1 N–H and O–H groups in total. The van der Waals surface area contributed by atoms with Crippen molar-refractivity contribution in [2.45, 2.75) is 12.8 Å². The number of aromatic amines is 1. The van der Waals surface area contributed by atoms with Gasteiger partial charge in [0, 0.05) is 43.0 Å². The Hall–Kier alpha value is -2.61. The summed E-state index contributed by atoms with van der Waals surface area (Å²) in [6.45, 7) is 5.56. The molecule has 2 heterocycles. The van der Waals surface area contributed by atoms with Crippen LogP contribution in [-0.4, -0.2) is 57.2 Å². The fourth-order valence-electron chi connectivity index (χ4n) is 2.74. The lowest BCUT2D eigenvalue weighted by Gasteiger charge is -2.26. The standard InChI is InChI=1S/C19H22N4O3S/c1-2-10-26-15-5-3-4-14(13-15)18-20-19(25)16(21-22-18)6-7-17(24)23-8-11-27-12-9-23/h2-5,13H,1,6-12H2,(H,20,22,25). The zero-order valence-electron chi connectivity index (χ0n) is 15.0. The zero-order chi connectivity index (χ0) is 19.1. The van der Waals surface area contributed by atoms with Gasteiger partial charge in [0.25, 0.3) is 5.56 Å². The van der Waals surface area contributed by atoms with Crippen LogP contribution in [0.5, 0.6) is 5.75 Å². The molecule has 3 rings (SSSR count). The molecule has 0 unspecified atom stereocenters. The molecule has 27 heavy (non-hydrogen) atoms. The Morgan fingerprint density at radius 2 is 2.15 bits per heavy atom. The molecule has 1 aliphatic heterocycles. The van der Waals surface area contributed by atoms with E-state index in [1.54, 1.807) is 12.1 Å². The predicted octanol–water partition coefficient (Wildman–Crippen LogP) is 1.90. The summed E-state index contributed by atoms with van der Waals surface area (Å²) in [6, 6.07) is 7.23. The van der Waals surface area contributed by atoms with E-state index in [2.05, 4.69) is 21.8 Å². The lowest BCUT2D eigenvalue weighted by atomic mass is 10.2. The molecule has 1 saturated heterocycles. The van der Waals surface area contributed by atoms with Gasteiger partial charge in [0.05, 0.1) is 0 Å². The van der Waals surface area contributed by atoms with Gasteiger partial charge in [-0.1, -0.05) is 24.8 Å². The Labute approximate surface area is 161 Å². The molecule has 0 atom stereocenters. The van der Waals surface area contributed by atoms with E-state index in [9.17, 15) is 9.59 Å². The summed E-state index contributed by atoms with van der Waals surface area (Å²) in [5.41, 5.74) is 0.659. The number of aryl methyl sites for hydroxylation is 1. The number of rotatable bonds is 7. The van der Waals surface area contributed by atoms with Crippen molar-refractivity contribution in [3.05, 3.63) is 53.0 Å². The number of carbonyl (C=O) groups is 1. The molecule has 8 heteroatoms. The molecule has 0 radical (unpaired) electrons. The minimum Gasteiger partial charge on any atom is -0.490 e. The average molecular weight is 386 g/mol. The molecule has 0 spiro atoms. The van der Waals surface area contributed by atoms with Crippen LogP contribution in [0, 0.1) is 0 Å². The van der Waals surface area contributed by atoms with Crippen molar-refractivity contribution >= 4 is 17.7 Å². The average Bonchev–Trinajstić information content (AvgIpc) is 2.72. The number of hydrogen-bond donors (Lipinski definition) is 1. The first-order chi connectivity index (χ1) is 13.2. The van der Waals surface area contributed by atoms with Crippen LogP contribution in [0.3, 0.4) is 0 Å². The molecule has 2 aromatic rings. The Balaban J connectivity index is 1.66. The highest BCUT2D eigenvalue weighted by Gasteiger charge is 2.17. The minimum absolute atomic E-state index is 0.0626. The van der Waals surface area contributed by atoms with E-state index in [1.807, 2.05) is 34.9 Å².